The Balaban J connectivity index is 2.13. The molecule has 5 nitrogen and oxygen atoms in total. The van der Waals surface area contributed by atoms with Crippen LogP contribution >= 0.6 is 0 Å². The maximum Gasteiger partial charge on any atom is 0.341 e. The molecule has 0 aromatic carbocycles. The van der Waals surface area contributed by atoms with Crippen molar-refractivity contribution >= 4 is 11.8 Å². The number of nitrogens with one attached hydrogen (secondary N) is 1. The second-order valence-electron chi connectivity index (χ2n) is 4.02. The number of anilines is 1. The molecular formula is C14H15N3O2. The summed E-state index contributed by atoms with van der Waals surface area (Å²) in [5.41, 5.74) is 2.26. The lowest BCUT2D eigenvalue weighted by Gasteiger charge is -2.09. The highest BCUT2D eigenvalue weighted by atomic mass is 16.5. The van der Waals surface area contributed by atoms with Crippen LogP contribution in [0.3, 0.4) is 0 Å². The van der Waals surface area contributed by atoms with Gasteiger partial charge in [-0.2, -0.15) is 0 Å². The van der Waals surface area contributed by atoms with Crippen LogP contribution < -0.4 is 5.32 Å². The first kappa shape index (κ1) is 13.0. The van der Waals surface area contributed by atoms with Gasteiger partial charge in [-0.05, 0) is 31.2 Å². The number of ether oxygens (including phenoxy) is 1. The molecule has 5 heteroatoms. The van der Waals surface area contributed by atoms with Gasteiger partial charge in [-0.3, -0.25) is 4.98 Å². The zero-order valence-corrected chi connectivity index (χ0v) is 10.9. The average Bonchev–Trinajstić information content (AvgIpc) is 2.45. The number of aromatic nitrogens is 2. The molecule has 0 saturated carbocycles. The number of carbonyl (C=O) groups is 1. The first-order valence-corrected chi connectivity index (χ1v) is 5.90. The highest BCUT2D eigenvalue weighted by molar-refractivity contribution is 5.94. The van der Waals surface area contributed by atoms with Crippen molar-refractivity contribution in [2.24, 2.45) is 0 Å². The quantitative estimate of drug-likeness (QED) is 0.850. The van der Waals surface area contributed by atoms with Crippen LogP contribution in [0.15, 0.2) is 36.5 Å². The molecule has 2 aromatic rings. The first-order valence-electron chi connectivity index (χ1n) is 5.90. The van der Waals surface area contributed by atoms with E-state index in [0.29, 0.717) is 17.9 Å². The van der Waals surface area contributed by atoms with E-state index in [1.165, 1.54) is 7.11 Å². The Morgan fingerprint density at radius 1 is 1.32 bits per heavy atom. The fourth-order valence-electron chi connectivity index (χ4n) is 1.69. The third kappa shape index (κ3) is 3.28. The topological polar surface area (TPSA) is 64.1 Å². The lowest BCUT2D eigenvalue weighted by Crippen LogP contribution is -2.10. The van der Waals surface area contributed by atoms with Crippen molar-refractivity contribution in [3.63, 3.8) is 0 Å². The number of nitrogens with zero attached hydrogens (tertiary/aromatic N) is 2. The van der Waals surface area contributed by atoms with E-state index in [0.717, 1.165) is 11.4 Å². The second-order valence-corrected chi connectivity index (χ2v) is 4.02. The minimum absolute atomic E-state index is 0.409. The summed E-state index contributed by atoms with van der Waals surface area (Å²) >= 11 is 0. The van der Waals surface area contributed by atoms with Crippen molar-refractivity contribution in [3.05, 3.63) is 53.5 Å². The van der Waals surface area contributed by atoms with E-state index in [-0.39, 0.29) is 0 Å². The van der Waals surface area contributed by atoms with Gasteiger partial charge in [0, 0.05) is 11.9 Å². The Morgan fingerprint density at radius 2 is 2.16 bits per heavy atom. The molecule has 0 aliphatic rings. The first-order chi connectivity index (χ1) is 9.20. The lowest BCUT2D eigenvalue weighted by molar-refractivity contribution is 0.0601. The normalized spacial score (nSPS) is 10.0. The minimum atomic E-state index is -0.409. The van der Waals surface area contributed by atoms with Crippen LogP contribution in [-0.2, 0) is 11.3 Å². The van der Waals surface area contributed by atoms with E-state index in [2.05, 4.69) is 15.3 Å². The molecule has 2 rings (SSSR count). The zero-order chi connectivity index (χ0) is 13.7. The Labute approximate surface area is 111 Å². The summed E-state index contributed by atoms with van der Waals surface area (Å²) in [5, 5.41) is 3.10. The maximum absolute atomic E-state index is 11.6. The third-order valence-electron chi connectivity index (χ3n) is 2.60. The molecule has 19 heavy (non-hydrogen) atoms. The fourth-order valence-corrected chi connectivity index (χ4v) is 1.69. The van der Waals surface area contributed by atoms with Crippen molar-refractivity contribution in [1.82, 2.24) is 9.97 Å². The van der Waals surface area contributed by atoms with Crippen LogP contribution in [0.4, 0.5) is 5.82 Å². The molecule has 0 unspecified atom stereocenters. The monoisotopic (exact) mass is 257 g/mol. The highest BCUT2D eigenvalue weighted by Crippen LogP contribution is 2.13. The Kier molecular flexibility index (Phi) is 4.07. The van der Waals surface area contributed by atoms with Crippen molar-refractivity contribution < 1.29 is 9.53 Å². The van der Waals surface area contributed by atoms with Crippen LogP contribution in [0.25, 0.3) is 0 Å². The van der Waals surface area contributed by atoms with E-state index in [9.17, 15) is 4.79 Å². The highest BCUT2D eigenvalue weighted by Gasteiger charge is 2.11. The molecule has 1 N–H and O–H groups in total. The van der Waals surface area contributed by atoms with E-state index in [4.69, 9.17) is 4.74 Å². The molecule has 0 amide bonds. The van der Waals surface area contributed by atoms with Gasteiger partial charge in [0.25, 0.3) is 0 Å². The fraction of sp³-hybridized carbons (Fsp3) is 0.214. The Hall–Kier alpha value is -2.43. The molecule has 0 saturated heterocycles. The molecule has 0 radical (unpaired) electrons. The van der Waals surface area contributed by atoms with E-state index in [1.54, 1.807) is 18.3 Å². The molecule has 0 spiro atoms. The number of hydrogen-bond acceptors (Lipinski definition) is 5. The van der Waals surface area contributed by atoms with Crippen molar-refractivity contribution in [3.8, 4) is 0 Å². The van der Waals surface area contributed by atoms with E-state index >= 15 is 0 Å². The second kappa shape index (κ2) is 5.95. The Morgan fingerprint density at radius 3 is 2.89 bits per heavy atom. The molecule has 0 aliphatic heterocycles. The van der Waals surface area contributed by atoms with Gasteiger partial charge in [-0.1, -0.05) is 6.07 Å². The number of carbonyl (C=O) groups excluding carboxylic acids is 1. The van der Waals surface area contributed by atoms with E-state index in [1.807, 2.05) is 25.1 Å². The van der Waals surface area contributed by atoms with Gasteiger partial charge in [-0.25, -0.2) is 9.78 Å². The lowest BCUT2D eigenvalue weighted by atomic mass is 10.2. The average molecular weight is 257 g/mol. The van der Waals surface area contributed by atoms with Gasteiger partial charge >= 0.3 is 5.97 Å². The summed E-state index contributed by atoms with van der Waals surface area (Å²) in [6.45, 7) is 2.44. The third-order valence-corrected chi connectivity index (χ3v) is 2.60. The molecule has 2 aromatic heterocycles. The Bertz CT molecular complexity index is 584. The van der Waals surface area contributed by atoms with Crippen LogP contribution in [0.2, 0.25) is 0 Å². The summed E-state index contributed by atoms with van der Waals surface area (Å²) in [5.74, 6) is 0.0884. The van der Waals surface area contributed by atoms with Gasteiger partial charge in [0.1, 0.15) is 11.4 Å². The summed E-state index contributed by atoms with van der Waals surface area (Å²) in [6.07, 6.45) is 1.62. The van der Waals surface area contributed by atoms with Crippen molar-refractivity contribution in [2.45, 2.75) is 13.5 Å². The van der Waals surface area contributed by atoms with Gasteiger partial charge in [0.05, 0.1) is 19.3 Å². The van der Waals surface area contributed by atoms with Crippen LogP contribution in [0.5, 0.6) is 0 Å². The number of aryl methyl sites for hydroxylation is 1. The molecule has 2 heterocycles. The predicted octanol–water partition coefficient (Wildman–Crippen LogP) is 2.18. The summed E-state index contributed by atoms with van der Waals surface area (Å²) in [4.78, 5) is 20.1. The van der Waals surface area contributed by atoms with Crippen molar-refractivity contribution in [1.29, 1.82) is 0 Å². The molecule has 0 atom stereocenters. The van der Waals surface area contributed by atoms with Crippen LogP contribution in [0.1, 0.15) is 21.7 Å². The summed E-state index contributed by atoms with van der Waals surface area (Å²) in [6, 6.07) is 9.16. The standard InChI is InChI=1S/C14H15N3O2/c1-10-5-3-6-11(17-10)9-16-13-12(14(18)19-2)7-4-8-15-13/h3-8H,9H2,1-2H3,(H,15,16). The zero-order valence-electron chi connectivity index (χ0n) is 10.9. The molecular weight excluding hydrogens is 242 g/mol. The van der Waals surface area contributed by atoms with Crippen LogP contribution in [0, 0.1) is 6.92 Å². The molecule has 0 bridgehead atoms. The van der Waals surface area contributed by atoms with Gasteiger partial charge in [0.15, 0.2) is 0 Å². The summed E-state index contributed by atoms with van der Waals surface area (Å²) in [7, 11) is 1.35. The SMILES string of the molecule is COC(=O)c1cccnc1NCc1cccc(C)n1. The van der Waals surface area contributed by atoms with Gasteiger partial charge in [0.2, 0.25) is 0 Å². The minimum Gasteiger partial charge on any atom is -0.465 e. The van der Waals surface area contributed by atoms with Crippen LogP contribution in [-0.4, -0.2) is 23.0 Å². The molecule has 98 valence electrons. The predicted molar refractivity (Wildman–Crippen MR) is 71.9 cm³/mol. The van der Waals surface area contributed by atoms with Crippen molar-refractivity contribution in [2.75, 3.05) is 12.4 Å². The summed E-state index contributed by atoms with van der Waals surface area (Å²) < 4.78 is 4.71. The van der Waals surface area contributed by atoms with Gasteiger partial charge < -0.3 is 10.1 Å². The number of pyridine rings is 2. The number of methoxy groups -OCH3 is 1. The smallest absolute Gasteiger partial charge is 0.341 e. The number of hydrogen-bond donors (Lipinski definition) is 1. The largest absolute Gasteiger partial charge is 0.465 e. The van der Waals surface area contributed by atoms with Gasteiger partial charge in [-0.15, -0.1) is 0 Å². The van der Waals surface area contributed by atoms with E-state index < -0.39 is 5.97 Å². The maximum atomic E-state index is 11.6. The number of rotatable bonds is 4. The molecule has 0 fully saturated rings. The molecule has 0 aliphatic carbocycles. The number of esters is 1.